The fourth-order valence-corrected chi connectivity index (χ4v) is 1.76. The van der Waals surface area contributed by atoms with Crippen molar-refractivity contribution in [1.82, 2.24) is 15.0 Å². The highest BCUT2D eigenvalue weighted by Gasteiger charge is 2.05. The first-order valence-corrected chi connectivity index (χ1v) is 6.72. The number of nitrogens with zero attached hydrogens (tertiary/aromatic N) is 1. The molecule has 0 unspecified atom stereocenters. The van der Waals surface area contributed by atoms with E-state index in [-0.39, 0.29) is 5.75 Å². The summed E-state index contributed by atoms with van der Waals surface area (Å²) in [5.74, 6) is 0.0861. The second kappa shape index (κ2) is 5.93. The molecule has 1 aromatic rings. The molecule has 1 aromatic heterocycles. The molecule has 0 aliphatic carbocycles. The first-order valence-electron chi connectivity index (χ1n) is 5.07. The van der Waals surface area contributed by atoms with Crippen molar-refractivity contribution in [3.8, 4) is 0 Å². The normalized spacial score (nSPS) is 11.6. The van der Waals surface area contributed by atoms with Gasteiger partial charge < -0.3 is 5.32 Å². The van der Waals surface area contributed by atoms with Gasteiger partial charge in [-0.3, -0.25) is 4.98 Å². The Balaban J connectivity index is 2.29. The predicted molar refractivity (Wildman–Crippen MR) is 63.5 cm³/mol. The van der Waals surface area contributed by atoms with Gasteiger partial charge in [-0.25, -0.2) is 13.1 Å². The van der Waals surface area contributed by atoms with Crippen LogP contribution in [0.15, 0.2) is 18.3 Å². The number of aryl methyl sites for hydroxylation is 1. The van der Waals surface area contributed by atoms with Crippen LogP contribution < -0.4 is 10.0 Å². The van der Waals surface area contributed by atoms with E-state index in [4.69, 9.17) is 0 Å². The first kappa shape index (κ1) is 13.1. The van der Waals surface area contributed by atoms with Crippen LogP contribution in [0.2, 0.25) is 0 Å². The van der Waals surface area contributed by atoms with Crippen molar-refractivity contribution in [2.24, 2.45) is 0 Å². The van der Waals surface area contributed by atoms with Gasteiger partial charge in [0, 0.05) is 25.0 Å². The molecule has 0 spiro atoms. The minimum Gasteiger partial charge on any atom is -0.312 e. The van der Waals surface area contributed by atoms with E-state index in [0.29, 0.717) is 13.1 Å². The first-order chi connectivity index (χ1) is 7.53. The number of pyridine rings is 1. The average Bonchev–Trinajstić information content (AvgIpc) is 2.27. The zero-order valence-corrected chi connectivity index (χ0v) is 10.3. The van der Waals surface area contributed by atoms with Crippen LogP contribution in [0.25, 0.3) is 0 Å². The van der Waals surface area contributed by atoms with Gasteiger partial charge in [-0.15, -0.1) is 0 Å². The van der Waals surface area contributed by atoms with E-state index in [1.165, 1.54) is 7.05 Å². The summed E-state index contributed by atoms with van der Waals surface area (Å²) in [6, 6.07) is 3.91. The highest BCUT2D eigenvalue weighted by atomic mass is 32.2. The van der Waals surface area contributed by atoms with Gasteiger partial charge in [-0.1, -0.05) is 6.07 Å². The molecule has 0 bridgehead atoms. The molecule has 0 aliphatic heterocycles. The molecule has 5 nitrogen and oxygen atoms in total. The Morgan fingerprint density at radius 1 is 1.38 bits per heavy atom. The van der Waals surface area contributed by atoms with Crippen molar-refractivity contribution < 1.29 is 8.42 Å². The molecule has 90 valence electrons. The van der Waals surface area contributed by atoms with E-state index < -0.39 is 10.0 Å². The van der Waals surface area contributed by atoms with Crippen LogP contribution in [0.1, 0.15) is 11.3 Å². The standard InChI is InChI=1S/C10H17N3O2S/c1-9-3-4-10(8-13-9)7-12-5-6-16(14,15)11-2/h3-4,8,11-12H,5-7H2,1-2H3. The summed E-state index contributed by atoms with van der Waals surface area (Å²) in [4.78, 5) is 4.15. The number of sulfonamides is 1. The third kappa shape index (κ3) is 4.69. The highest BCUT2D eigenvalue weighted by molar-refractivity contribution is 7.89. The maximum atomic E-state index is 11.1. The Labute approximate surface area is 96.3 Å². The van der Waals surface area contributed by atoms with Crippen LogP contribution in [0, 0.1) is 6.92 Å². The summed E-state index contributed by atoms with van der Waals surface area (Å²) < 4.78 is 24.5. The van der Waals surface area contributed by atoms with Crippen molar-refractivity contribution in [3.63, 3.8) is 0 Å². The van der Waals surface area contributed by atoms with Crippen molar-refractivity contribution in [2.75, 3.05) is 19.3 Å². The Bertz CT molecular complexity index is 414. The molecule has 2 N–H and O–H groups in total. The lowest BCUT2D eigenvalue weighted by Crippen LogP contribution is -2.29. The van der Waals surface area contributed by atoms with Crippen molar-refractivity contribution in [1.29, 1.82) is 0 Å². The summed E-state index contributed by atoms with van der Waals surface area (Å²) in [7, 11) is -1.69. The van der Waals surface area contributed by atoms with Crippen LogP contribution >= 0.6 is 0 Å². The maximum Gasteiger partial charge on any atom is 0.212 e. The molecule has 0 saturated carbocycles. The van der Waals surface area contributed by atoms with Crippen LogP contribution in [-0.2, 0) is 16.6 Å². The number of nitrogens with one attached hydrogen (secondary N) is 2. The molecule has 0 atom stereocenters. The lowest BCUT2D eigenvalue weighted by molar-refractivity contribution is 0.583. The highest BCUT2D eigenvalue weighted by Crippen LogP contribution is 1.98. The van der Waals surface area contributed by atoms with Crippen molar-refractivity contribution >= 4 is 10.0 Å². The third-order valence-electron chi connectivity index (χ3n) is 2.16. The molecule has 0 amide bonds. The Hall–Kier alpha value is -0.980. The lowest BCUT2D eigenvalue weighted by Gasteiger charge is -2.05. The molecule has 16 heavy (non-hydrogen) atoms. The van der Waals surface area contributed by atoms with E-state index in [9.17, 15) is 8.42 Å². The lowest BCUT2D eigenvalue weighted by atomic mass is 10.2. The largest absolute Gasteiger partial charge is 0.312 e. The molecule has 1 rings (SSSR count). The van der Waals surface area contributed by atoms with Crippen LogP contribution in [0.4, 0.5) is 0 Å². The second-order valence-corrected chi connectivity index (χ2v) is 5.55. The minimum absolute atomic E-state index is 0.0861. The quantitative estimate of drug-likeness (QED) is 0.691. The maximum absolute atomic E-state index is 11.1. The van der Waals surface area contributed by atoms with Gasteiger partial charge in [0.1, 0.15) is 0 Å². The third-order valence-corrected chi connectivity index (χ3v) is 3.52. The van der Waals surface area contributed by atoms with Gasteiger partial charge >= 0.3 is 0 Å². The molecule has 0 fully saturated rings. The van der Waals surface area contributed by atoms with E-state index >= 15 is 0 Å². The van der Waals surface area contributed by atoms with Gasteiger partial charge in [0.15, 0.2) is 0 Å². The van der Waals surface area contributed by atoms with E-state index in [1.54, 1.807) is 6.20 Å². The molecule has 6 heteroatoms. The zero-order chi connectivity index (χ0) is 12.0. The zero-order valence-electron chi connectivity index (χ0n) is 9.53. The van der Waals surface area contributed by atoms with Crippen LogP contribution in [-0.4, -0.2) is 32.7 Å². The number of hydrogen-bond acceptors (Lipinski definition) is 4. The summed E-state index contributed by atoms with van der Waals surface area (Å²) in [6.45, 7) is 2.99. The summed E-state index contributed by atoms with van der Waals surface area (Å²) >= 11 is 0. The smallest absolute Gasteiger partial charge is 0.212 e. The summed E-state index contributed by atoms with van der Waals surface area (Å²) in [5.41, 5.74) is 2.02. The molecule has 0 saturated heterocycles. The average molecular weight is 243 g/mol. The van der Waals surface area contributed by atoms with Crippen molar-refractivity contribution in [2.45, 2.75) is 13.5 Å². The summed E-state index contributed by atoms with van der Waals surface area (Å²) in [5, 5.41) is 3.05. The molecule has 0 aromatic carbocycles. The molecule has 0 aliphatic rings. The van der Waals surface area contributed by atoms with Gasteiger partial charge in [-0.05, 0) is 25.6 Å². The predicted octanol–water partition coefficient (Wildman–Crippen LogP) is 0.0288. The monoisotopic (exact) mass is 243 g/mol. The van der Waals surface area contributed by atoms with Crippen molar-refractivity contribution in [3.05, 3.63) is 29.6 Å². The Morgan fingerprint density at radius 2 is 2.12 bits per heavy atom. The molecule has 1 heterocycles. The SMILES string of the molecule is CNS(=O)(=O)CCNCc1ccc(C)nc1. The van der Waals surface area contributed by atoms with E-state index in [1.807, 2.05) is 19.1 Å². The van der Waals surface area contributed by atoms with E-state index in [0.717, 1.165) is 11.3 Å². The molecule has 0 radical (unpaired) electrons. The molecular formula is C10H17N3O2S. The molecular weight excluding hydrogens is 226 g/mol. The van der Waals surface area contributed by atoms with Gasteiger partial charge in [-0.2, -0.15) is 0 Å². The fourth-order valence-electron chi connectivity index (χ4n) is 1.14. The number of hydrogen-bond donors (Lipinski definition) is 2. The number of aromatic nitrogens is 1. The second-order valence-electron chi connectivity index (χ2n) is 3.51. The minimum atomic E-state index is -3.11. The fraction of sp³-hybridized carbons (Fsp3) is 0.500. The van der Waals surface area contributed by atoms with Crippen LogP contribution in [0.5, 0.6) is 0 Å². The van der Waals surface area contributed by atoms with Gasteiger partial charge in [0.2, 0.25) is 10.0 Å². The topological polar surface area (TPSA) is 71.1 Å². The van der Waals surface area contributed by atoms with Crippen LogP contribution in [0.3, 0.4) is 0 Å². The van der Waals surface area contributed by atoms with Gasteiger partial charge in [0.25, 0.3) is 0 Å². The Morgan fingerprint density at radius 3 is 2.69 bits per heavy atom. The summed E-state index contributed by atoms with van der Waals surface area (Å²) in [6.07, 6.45) is 1.79. The van der Waals surface area contributed by atoms with Gasteiger partial charge in [0.05, 0.1) is 5.75 Å². The number of rotatable bonds is 6. The Kier molecular flexibility index (Phi) is 4.85. The van der Waals surface area contributed by atoms with E-state index in [2.05, 4.69) is 15.0 Å².